The van der Waals surface area contributed by atoms with Crippen LogP contribution in [0.5, 0.6) is 0 Å². The van der Waals surface area contributed by atoms with Gasteiger partial charge in [-0.05, 0) is 30.5 Å². The van der Waals surface area contributed by atoms with Gasteiger partial charge in [0.15, 0.2) is 0 Å². The number of carbonyl (C=O) groups excluding carboxylic acids is 1. The maximum absolute atomic E-state index is 12.3. The van der Waals surface area contributed by atoms with Crippen molar-refractivity contribution in [1.82, 2.24) is 9.88 Å². The van der Waals surface area contributed by atoms with E-state index in [1.807, 2.05) is 68.6 Å². The molecule has 6 heteroatoms. The van der Waals surface area contributed by atoms with Gasteiger partial charge in [-0.2, -0.15) is 0 Å². The Hall–Kier alpha value is -2.76. The van der Waals surface area contributed by atoms with E-state index in [-0.39, 0.29) is 12.1 Å². The summed E-state index contributed by atoms with van der Waals surface area (Å²) in [5.74, 6) is 0.953. The predicted octanol–water partition coefficient (Wildman–Crippen LogP) is 3.39. The van der Waals surface area contributed by atoms with Gasteiger partial charge >= 0.3 is 6.09 Å². The Morgan fingerprint density at radius 1 is 1.11 bits per heavy atom. The monoisotopic (exact) mass is 368 g/mol. The van der Waals surface area contributed by atoms with E-state index in [2.05, 4.69) is 16.0 Å². The number of rotatable bonds is 5. The van der Waals surface area contributed by atoms with E-state index < -0.39 is 0 Å². The van der Waals surface area contributed by atoms with E-state index >= 15 is 0 Å². The number of ether oxygens (including phenoxy) is 1. The topological polar surface area (TPSA) is 48.9 Å². The number of hydrogen-bond donors (Lipinski definition) is 0. The van der Waals surface area contributed by atoms with Gasteiger partial charge < -0.3 is 19.4 Å². The largest absolute Gasteiger partial charge is 0.445 e. The molecular weight excluding hydrogens is 340 g/mol. The molecule has 0 unspecified atom stereocenters. The van der Waals surface area contributed by atoms with Crippen LogP contribution >= 0.6 is 0 Å². The first kappa shape index (κ1) is 19.0. The van der Waals surface area contributed by atoms with Crippen LogP contribution in [0.4, 0.5) is 16.3 Å². The van der Waals surface area contributed by atoms with E-state index in [9.17, 15) is 4.79 Å². The first-order chi connectivity index (χ1) is 13.0. The van der Waals surface area contributed by atoms with Crippen LogP contribution in [0.25, 0.3) is 0 Å². The number of aromatic nitrogens is 1. The lowest BCUT2D eigenvalue weighted by atomic mass is 10.0. The quantitative estimate of drug-likeness (QED) is 0.810. The van der Waals surface area contributed by atoms with E-state index in [1.165, 1.54) is 0 Å². The van der Waals surface area contributed by atoms with Gasteiger partial charge in [-0.15, -0.1) is 0 Å². The highest BCUT2D eigenvalue weighted by Gasteiger charge is 2.26. The van der Waals surface area contributed by atoms with Gasteiger partial charge in [0.2, 0.25) is 0 Å². The number of benzene rings is 1. The van der Waals surface area contributed by atoms with Crippen molar-refractivity contribution in [2.45, 2.75) is 25.5 Å². The summed E-state index contributed by atoms with van der Waals surface area (Å²) in [5.41, 5.74) is 2.14. The zero-order valence-electron chi connectivity index (χ0n) is 16.3. The molecule has 144 valence electrons. The molecule has 0 N–H and O–H groups in total. The number of amides is 1. The lowest BCUT2D eigenvalue weighted by Crippen LogP contribution is -2.45. The van der Waals surface area contributed by atoms with Crippen molar-refractivity contribution >= 4 is 17.6 Å². The molecule has 0 saturated carbocycles. The number of anilines is 2. The third-order valence-corrected chi connectivity index (χ3v) is 5.06. The highest BCUT2D eigenvalue weighted by Crippen LogP contribution is 2.23. The van der Waals surface area contributed by atoms with Crippen molar-refractivity contribution < 1.29 is 9.53 Å². The summed E-state index contributed by atoms with van der Waals surface area (Å²) >= 11 is 0. The third kappa shape index (κ3) is 4.90. The Morgan fingerprint density at radius 2 is 1.81 bits per heavy atom. The molecule has 1 fully saturated rings. The Labute approximate surface area is 161 Å². The molecule has 1 amide bonds. The molecule has 2 aromatic rings. The lowest BCUT2D eigenvalue weighted by Gasteiger charge is -2.37. The Kier molecular flexibility index (Phi) is 6.16. The van der Waals surface area contributed by atoms with E-state index in [4.69, 9.17) is 4.74 Å². The molecule has 1 aromatic heterocycles. The second-order valence-corrected chi connectivity index (χ2v) is 7.14. The molecule has 0 spiro atoms. The van der Waals surface area contributed by atoms with E-state index in [0.29, 0.717) is 6.61 Å². The predicted molar refractivity (Wildman–Crippen MR) is 108 cm³/mol. The molecule has 1 aliphatic heterocycles. The summed E-state index contributed by atoms with van der Waals surface area (Å²) in [7, 11) is 5.81. The molecule has 1 aromatic carbocycles. The second kappa shape index (κ2) is 8.75. The molecule has 2 heterocycles. The lowest BCUT2D eigenvalue weighted by molar-refractivity contribution is 0.0862. The smallest absolute Gasteiger partial charge is 0.410 e. The molecule has 27 heavy (non-hydrogen) atoms. The molecule has 6 nitrogen and oxygen atoms in total. The van der Waals surface area contributed by atoms with Crippen LogP contribution in [-0.2, 0) is 11.3 Å². The van der Waals surface area contributed by atoms with Gasteiger partial charge in [0.05, 0.1) is 11.9 Å². The molecular formula is C21H28N4O2. The molecule has 0 radical (unpaired) electrons. The van der Waals surface area contributed by atoms with Crippen LogP contribution in [-0.4, -0.2) is 56.3 Å². The van der Waals surface area contributed by atoms with Gasteiger partial charge in [-0.25, -0.2) is 9.78 Å². The zero-order valence-corrected chi connectivity index (χ0v) is 16.3. The van der Waals surface area contributed by atoms with Crippen LogP contribution in [0.1, 0.15) is 18.4 Å². The molecule has 0 atom stereocenters. The fourth-order valence-electron chi connectivity index (χ4n) is 3.31. The van der Waals surface area contributed by atoms with Gasteiger partial charge in [0.1, 0.15) is 12.4 Å². The SMILES string of the molecule is CN(C)c1ccc(N2CCC(N(C)C(=O)OCc3ccccc3)CC2)cn1. The maximum atomic E-state index is 12.3. The van der Waals surface area contributed by atoms with Crippen molar-refractivity contribution in [1.29, 1.82) is 0 Å². The molecule has 3 rings (SSSR count). The molecule has 0 aliphatic carbocycles. The summed E-state index contributed by atoms with van der Waals surface area (Å²) < 4.78 is 5.45. The van der Waals surface area contributed by atoms with Crippen LogP contribution in [0, 0.1) is 0 Å². The first-order valence-electron chi connectivity index (χ1n) is 9.36. The van der Waals surface area contributed by atoms with Gasteiger partial charge in [-0.1, -0.05) is 30.3 Å². The average Bonchev–Trinajstić information content (AvgIpc) is 2.72. The van der Waals surface area contributed by atoms with Gasteiger partial charge in [0, 0.05) is 40.3 Å². The van der Waals surface area contributed by atoms with Crippen molar-refractivity contribution in [3.05, 3.63) is 54.2 Å². The van der Waals surface area contributed by atoms with Gasteiger partial charge in [0.25, 0.3) is 0 Å². The zero-order chi connectivity index (χ0) is 19.2. The molecule has 1 saturated heterocycles. The van der Waals surface area contributed by atoms with E-state index in [1.54, 1.807) is 4.90 Å². The van der Waals surface area contributed by atoms with Crippen LogP contribution < -0.4 is 9.80 Å². The van der Waals surface area contributed by atoms with Crippen LogP contribution in [0.15, 0.2) is 48.7 Å². The summed E-state index contributed by atoms with van der Waals surface area (Å²) in [5, 5.41) is 0. The standard InChI is InChI=1S/C21H28N4O2/c1-23(2)20-10-9-19(15-22-20)25-13-11-18(12-14-25)24(3)21(26)27-16-17-7-5-4-6-8-17/h4-10,15,18H,11-14,16H2,1-3H3. The number of piperidine rings is 1. The number of pyridine rings is 1. The third-order valence-electron chi connectivity index (χ3n) is 5.06. The Bertz CT molecular complexity index is 726. The van der Waals surface area contributed by atoms with E-state index in [0.717, 1.165) is 43.0 Å². The van der Waals surface area contributed by atoms with Gasteiger partial charge in [-0.3, -0.25) is 0 Å². The summed E-state index contributed by atoms with van der Waals surface area (Å²) in [6, 6.07) is 14.1. The minimum atomic E-state index is -0.255. The summed E-state index contributed by atoms with van der Waals surface area (Å²) in [6.07, 6.45) is 3.51. The summed E-state index contributed by atoms with van der Waals surface area (Å²) in [4.78, 5) is 22.9. The highest BCUT2D eigenvalue weighted by molar-refractivity contribution is 5.67. The fraction of sp³-hybridized carbons (Fsp3) is 0.429. The highest BCUT2D eigenvalue weighted by atomic mass is 16.6. The second-order valence-electron chi connectivity index (χ2n) is 7.14. The number of carbonyl (C=O) groups is 1. The summed E-state index contributed by atoms with van der Waals surface area (Å²) in [6.45, 7) is 2.13. The van der Waals surface area contributed by atoms with Crippen molar-refractivity contribution in [2.24, 2.45) is 0 Å². The van der Waals surface area contributed by atoms with Crippen molar-refractivity contribution in [3.63, 3.8) is 0 Å². The van der Waals surface area contributed by atoms with Crippen LogP contribution in [0.3, 0.4) is 0 Å². The number of hydrogen-bond acceptors (Lipinski definition) is 5. The molecule has 1 aliphatic rings. The Balaban J connectivity index is 1.48. The minimum absolute atomic E-state index is 0.207. The van der Waals surface area contributed by atoms with Crippen molar-refractivity contribution in [3.8, 4) is 0 Å². The molecule has 0 bridgehead atoms. The van der Waals surface area contributed by atoms with Crippen molar-refractivity contribution in [2.75, 3.05) is 44.0 Å². The van der Waals surface area contributed by atoms with Crippen LogP contribution in [0.2, 0.25) is 0 Å². The minimum Gasteiger partial charge on any atom is -0.445 e. The first-order valence-corrected chi connectivity index (χ1v) is 9.36. The number of nitrogens with zero attached hydrogens (tertiary/aromatic N) is 4. The fourth-order valence-corrected chi connectivity index (χ4v) is 3.31. The maximum Gasteiger partial charge on any atom is 0.410 e. The average molecular weight is 368 g/mol. The Morgan fingerprint density at radius 3 is 2.41 bits per heavy atom. The normalized spacial score (nSPS) is 14.7.